The van der Waals surface area contributed by atoms with Crippen LogP contribution in [0.4, 0.5) is 0 Å². The zero-order valence-electron chi connectivity index (χ0n) is 25.2. The van der Waals surface area contributed by atoms with Gasteiger partial charge in [-0.25, -0.2) is 0 Å². The third-order valence-electron chi connectivity index (χ3n) is 8.98. The van der Waals surface area contributed by atoms with Gasteiger partial charge in [0.1, 0.15) is 0 Å². The van der Waals surface area contributed by atoms with Crippen molar-refractivity contribution >= 4 is 10.8 Å². The van der Waals surface area contributed by atoms with Gasteiger partial charge in [-0.3, -0.25) is 0 Å². The van der Waals surface area contributed by atoms with Gasteiger partial charge < -0.3 is 9.47 Å². The van der Waals surface area contributed by atoms with Crippen molar-refractivity contribution in [2.24, 2.45) is 11.8 Å². The molecule has 38 heavy (non-hydrogen) atoms. The Kier molecular flexibility index (Phi) is 10.7. The Hall–Kier alpha value is -1.90. The highest BCUT2D eigenvalue weighted by Gasteiger charge is 2.41. The summed E-state index contributed by atoms with van der Waals surface area (Å²) in [7, 11) is 0. The van der Waals surface area contributed by atoms with Crippen LogP contribution in [0.1, 0.15) is 102 Å². The molecule has 0 aromatic heterocycles. The number of allylic oxidation sites excluding steroid dienone is 2. The van der Waals surface area contributed by atoms with Gasteiger partial charge in [0.15, 0.2) is 0 Å². The number of ether oxygens (including phenoxy) is 2. The van der Waals surface area contributed by atoms with E-state index in [1.54, 1.807) is 33.4 Å². The van der Waals surface area contributed by atoms with Crippen molar-refractivity contribution in [3.05, 3.63) is 68.8 Å². The molecule has 4 rings (SSSR count). The first-order chi connectivity index (χ1) is 18.6. The van der Waals surface area contributed by atoms with Crippen molar-refractivity contribution in [1.82, 2.24) is 0 Å². The third kappa shape index (κ3) is 5.68. The summed E-state index contributed by atoms with van der Waals surface area (Å²) < 4.78 is 12.3. The average molecular weight is 517 g/mol. The van der Waals surface area contributed by atoms with E-state index in [2.05, 4.69) is 65.8 Å². The molecule has 0 fully saturated rings. The molecule has 2 aromatic carbocycles. The lowest BCUT2D eigenvalue weighted by Gasteiger charge is -2.44. The van der Waals surface area contributed by atoms with E-state index >= 15 is 0 Å². The summed E-state index contributed by atoms with van der Waals surface area (Å²) in [6, 6.07) is 9.30. The molecule has 2 aliphatic rings. The molecule has 208 valence electrons. The van der Waals surface area contributed by atoms with Crippen LogP contribution in [0.25, 0.3) is 10.8 Å². The van der Waals surface area contributed by atoms with E-state index < -0.39 is 0 Å². The van der Waals surface area contributed by atoms with Crippen LogP contribution >= 0.6 is 0 Å². The summed E-state index contributed by atoms with van der Waals surface area (Å²) in [6.45, 7) is 16.6. The van der Waals surface area contributed by atoms with E-state index in [1.165, 1.54) is 86.1 Å². The monoisotopic (exact) mass is 516 g/mol. The number of fused-ring (bicyclic) bond motifs is 3. The highest BCUT2D eigenvalue weighted by Crippen LogP contribution is 2.51. The second-order valence-electron chi connectivity index (χ2n) is 11.4. The van der Waals surface area contributed by atoms with Crippen molar-refractivity contribution in [2.75, 3.05) is 26.4 Å². The molecule has 0 saturated carbocycles. The molecule has 2 heteroatoms. The van der Waals surface area contributed by atoms with Crippen molar-refractivity contribution in [1.29, 1.82) is 0 Å². The minimum atomic E-state index is 0.594. The number of rotatable bonds is 14. The molecule has 0 radical (unpaired) electrons. The Morgan fingerprint density at radius 1 is 0.579 bits per heavy atom. The van der Waals surface area contributed by atoms with Crippen LogP contribution in [0.3, 0.4) is 0 Å². The molecule has 2 atom stereocenters. The second-order valence-corrected chi connectivity index (χ2v) is 11.4. The predicted molar refractivity (Wildman–Crippen MR) is 163 cm³/mol. The molecule has 0 N–H and O–H groups in total. The Morgan fingerprint density at radius 3 is 1.32 bits per heavy atom. The summed E-state index contributed by atoms with van der Waals surface area (Å²) in [5, 5.41) is 3.03. The van der Waals surface area contributed by atoms with E-state index in [9.17, 15) is 0 Å². The van der Waals surface area contributed by atoms with Gasteiger partial charge in [0.05, 0.1) is 13.2 Å². The predicted octanol–water partition coefficient (Wildman–Crippen LogP) is 9.36. The largest absolute Gasteiger partial charge is 0.377 e. The lowest BCUT2D eigenvalue weighted by Crippen LogP contribution is -2.36. The molecule has 0 spiro atoms. The van der Waals surface area contributed by atoms with Gasteiger partial charge in [-0.15, -0.1) is 0 Å². The normalized spacial score (nSPS) is 19.3. The van der Waals surface area contributed by atoms with Gasteiger partial charge in [0.2, 0.25) is 0 Å². The first-order valence-corrected chi connectivity index (χ1v) is 15.8. The fourth-order valence-electron chi connectivity index (χ4n) is 7.53. The quantitative estimate of drug-likeness (QED) is 0.249. The number of aryl methyl sites for hydroxylation is 2. The average Bonchev–Trinajstić information content (AvgIpc) is 2.94. The lowest BCUT2D eigenvalue weighted by atomic mass is 9.61. The van der Waals surface area contributed by atoms with Gasteiger partial charge in [-0.2, -0.15) is 0 Å². The van der Waals surface area contributed by atoms with E-state index in [0.717, 1.165) is 26.4 Å². The van der Waals surface area contributed by atoms with Crippen LogP contribution in [0.5, 0.6) is 0 Å². The van der Waals surface area contributed by atoms with Crippen LogP contribution in [0, 0.1) is 11.8 Å². The van der Waals surface area contributed by atoms with E-state index in [0.29, 0.717) is 11.8 Å². The summed E-state index contributed by atoms with van der Waals surface area (Å²) in [4.78, 5) is 0. The molecular weight excluding hydrogens is 464 g/mol. The van der Waals surface area contributed by atoms with Gasteiger partial charge in [0.25, 0.3) is 0 Å². The topological polar surface area (TPSA) is 18.5 Å². The summed E-state index contributed by atoms with van der Waals surface area (Å²) in [5.41, 5.74) is 13.0. The van der Waals surface area contributed by atoms with E-state index in [4.69, 9.17) is 9.47 Å². The second kappa shape index (κ2) is 13.9. The molecule has 0 amide bonds. The minimum Gasteiger partial charge on any atom is -0.377 e. The molecule has 0 bridgehead atoms. The third-order valence-corrected chi connectivity index (χ3v) is 8.98. The fraction of sp³-hybridized carbons (Fsp3) is 0.611. The van der Waals surface area contributed by atoms with Gasteiger partial charge in [0, 0.05) is 13.2 Å². The number of hydrogen-bond acceptors (Lipinski definition) is 2. The molecule has 2 nitrogen and oxygen atoms in total. The zero-order valence-corrected chi connectivity index (χ0v) is 25.2. The maximum absolute atomic E-state index is 6.16. The highest BCUT2D eigenvalue weighted by molar-refractivity contribution is 5.91. The van der Waals surface area contributed by atoms with Gasteiger partial charge in [-0.1, -0.05) is 88.8 Å². The Balaban J connectivity index is 1.98. The Labute approximate surface area is 232 Å². The maximum Gasteiger partial charge on any atom is 0.0719 e. The maximum atomic E-state index is 6.16. The highest BCUT2D eigenvalue weighted by atomic mass is 16.5. The summed E-state index contributed by atoms with van der Waals surface area (Å²) >= 11 is 0. The molecule has 0 aliphatic heterocycles. The van der Waals surface area contributed by atoms with Crippen LogP contribution in [0.15, 0.2) is 46.6 Å². The van der Waals surface area contributed by atoms with Crippen LogP contribution < -0.4 is 0 Å². The van der Waals surface area contributed by atoms with Crippen molar-refractivity contribution < 1.29 is 9.47 Å². The van der Waals surface area contributed by atoms with Gasteiger partial charge in [-0.05, 0) is 108 Å². The van der Waals surface area contributed by atoms with E-state index in [-0.39, 0.29) is 0 Å². The standard InChI is InChI=1S/C36H52O2/c1-7-15-25-29-19-13-14-20-30(29)26(16-8-2)32-22-34-28(18-10-4)36(24-38-12-6)35(23-37-11-5)27(17-9-3)33(34)21-31(25)32/h13-14,19-20,33-34H,7-12,15-18,21-24H2,1-6H3. The van der Waals surface area contributed by atoms with Gasteiger partial charge >= 0.3 is 0 Å². The number of benzene rings is 2. The van der Waals surface area contributed by atoms with Crippen LogP contribution in [0.2, 0.25) is 0 Å². The molecule has 2 aromatic rings. The number of hydrogen-bond donors (Lipinski definition) is 0. The van der Waals surface area contributed by atoms with Crippen LogP contribution in [-0.2, 0) is 35.2 Å². The smallest absolute Gasteiger partial charge is 0.0719 e. The zero-order chi connectivity index (χ0) is 27.1. The molecule has 0 saturated heterocycles. The van der Waals surface area contributed by atoms with Crippen LogP contribution in [-0.4, -0.2) is 26.4 Å². The molecule has 0 heterocycles. The SMILES string of the molecule is CCCC1=C(COCC)C(COCC)=C(CCC)C2Cc3c(c(CCC)c4ccccc4c3CCC)CC12. The first-order valence-electron chi connectivity index (χ1n) is 15.8. The first kappa shape index (κ1) is 29.1. The lowest BCUT2D eigenvalue weighted by molar-refractivity contribution is 0.152. The van der Waals surface area contributed by atoms with Crippen molar-refractivity contribution in [2.45, 2.75) is 106 Å². The fourth-order valence-corrected chi connectivity index (χ4v) is 7.53. The van der Waals surface area contributed by atoms with Crippen molar-refractivity contribution in [3.8, 4) is 0 Å². The Bertz CT molecular complexity index is 1060. The molecule has 2 aliphatic carbocycles. The Morgan fingerprint density at radius 2 is 0.974 bits per heavy atom. The molecule has 2 unspecified atom stereocenters. The summed E-state index contributed by atoms with van der Waals surface area (Å²) in [5.74, 6) is 1.19. The van der Waals surface area contributed by atoms with E-state index in [1.807, 2.05) is 0 Å². The minimum absolute atomic E-state index is 0.594. The molecular formula is C36H52O2. The summed E-state index contributed by atoms with van der Waals surface area (Å²) in [6.07, 6.45) is 11.9. The van der Waals surface area contributed by atoms with Crippen molar-refractivity contribution in [3.63, 3.8) is 0 Å².